The van der Waals surface area contributed by atoms with Crippen molar-refractivity contribution in [1.29, 1.82) is 0 Å². The zero-order valence-corrected chi connectivity index (χ0v) is 19.2. The van der Waals surface area contributed by atoms with E-state index in [1.165, 1.54) is 0 Å². The van der Waals surface area contributed by atoms with Crippen LogP contribution in [0.25, 0.3) is 0 Å². The van der Waals surface area contributed by atoms with Crippen molar-refractivity contribution < 1.29 is 14.3 Å². The lowest BCUT2D eigenvalue weighted by atomic mass is 10.1. The molecule has 1 aliphatic rings. The van der Waals surface area contributed by atoms with Gasteiger partial charge < -0.3 is 15.0 Å². The number of nitrogens with zero attached hydrogens (tertiary/aromatic N) is 1. The third-order valence-corrected chi connectivity index (χ3v) is 6.23. The van der Waals surface area contributed by atoms with Gasteiger partial charge in [-0.1, -0.05) is 54.8 Å². The van der Waals surface area contributed by atoms with Crippen LogP contribution in [0.5, 0.6) is 5.75 Å². The van der Waals surface area contributed by atoms with Gasteiger partial charge in [-0.25, -0.2) is 0 Å². The highest BCUT2D eigenvalue weighted by molar-refractivity contribution is 6.31. The van der Waals surface area contributed by atoms with Crippen molar-refractivity contribution in [1.82, 2.24) is 10.2 Å². The Kier molecular flexibility index (Phi) is 7.97. The van der Waals surface area contributed by atoms with Crippen molar-refractivity contribution in [2.75, 3.05) is 6.61 Å². The molecule has 31 heavy (non-hydrogen) atoms. The van der Waals surface area contributed by atoms with E-state index in [0.717, 1.165) is 42.4 Å². The summed E-state index contributed by atoms with van der Waals surface area (Å²) in [4.78, 5) is 27.7. The predicted octanol–water partition coefficient (Wildman–Crippen LogP) is 4.81. The van der Waals surface area contributed by atoms with Crippen LogP contribution >= 0.6 is 11.6 Å². The van der Waals surface area contributed by atoms with Crippen LogP contribution in [0.3, 0.4) is 0 Å². The Morgan fingerprint density at radius 2 is 1.87 bits per heavy atom. The second-order valence-electron chi connectivity index (χ2n) is 8.34. The number of carbonyl (C=O) groups excluding carboxylic acids is 2. The summed E-state index contributed by atoms with van der Waals surface area (Å²) in [6.45, 7) is 5.78. The molecule has 2 aromatic rings. The summed E-state index contributed by atoms with van der Waals surface area (Å²) in [5.41, 5.74) is 2.82. The molecule has 2 amide bonds. The first-order valence-corrected chi connectivity index (χ1v) is 11.3. The average molecular weight is 443 g/mol. The quantitative estimate of drug-likeness (QED) is 0.638. The van der Waals surface area contributed by atoms with Crippen LogP contribution in [0, 0.1) is 13.8 Å². The second-order valence-corrected chi connectivity index (χ2v) is 8.74. The van der Waals surface area contributed by atoms with Gasteiger partial charge in [0, 0.05) is 17.6 Å². The molecule has 1 N–H and O–H groups in total. The molecule has 3 rings (SSSR count). The van der Waals surface area contributed by atoms with Gasteiger partial charge in [-0.3, -0.25) is 9.59 Å². The standard InChI is InChI=1S/C25H31ClN2O3/c1-17-12-13-18(2)23(14-17)31-16-24(29)28(15-20-8-4-7-11-22(20)26)19(3)25(30)27-21-9-5-6-10-21/h4,7-8,11-14,19,21H,5-6,9-10,15-16H2,1-3H3,(H,27,30)/t19-/m1/s1. The predicted molar refractivity (Wildman–Crippen MR) is 123 cm³/mol. The molecule has 5 nitrogen and oxygen atoms in total. The Labute approximate surface area is 189 Å². The molecule has 0 radical (unpaired) electrons. The summed E-state index contributed by atoms with van der Waals surface area (Å²) >= 11 is 6.34. The molecule has 1 atom stereocenters. The largest absolute Gasteiger partial charge is 0.483 e. The molecule has 0 unspecified atom stereocenters. The zero-order chi connectivity index (χ0) is 22.4. The van der Waals surface area contributed by atoms with Gasteiger partial charge in [-0.15, -0.1) is 0 Å². The van der Waals surface area contributed by atoms with Crippen LogP contribution in [0.2, 0.25) is 5.02 Å². The van der Waals surface area contributed by atoms with E-state index in [1.54, 1.807) is 17.9 Å². The topological polar surface area (TPSA) is 58.6 Å². The number of nitrogens with one attached hydrogen (secondary N) is 1. The van der Waals surface area contributed by atoms with Gasteiger partial charge in [0.1, 0.15) is 11.8 Å². The normalized spacial score (nSPS) is 14.8. The van der Waals surface area contributed by atoms with E-state index in [2.05, 4.69) is 5.32 Å². The summed E-state index contributed by atoms with van der Waals surface area (Å²) in [6, 6.07) is 12.8. The molecular weight excluding hydrogens is 412 g/mol. The molecule has 0 spiro atoms. The highest BCUT2D eigenvalue weighted by Gasteiger charge is 2.29. The monoisotopic (exact) mass is 442 g/mol. The highest BCUT2D eigenvalue weighted by atomic mass is 35.5. The molecule has 1 fully saturated rings. The Morgan fingerprint density at radius 1 is 1.16 bits per heavy atom. The Morgan fingerprint density at radius 3 is 2.58 bits per heavy atom. The Bertz CT molecular complexity index is 925. The maximum atomic E-state index is 13.2. The number of ether oxygens (including phenoxy) is 1. The second kappa shape index (κ2) is 10.7. The number of halogens is 1. The molecule has 0 saturated heterocycles. The molecule has 166 valence electrons. The SMILES string of the molecule is Cc1ccc(C)c(OCC(=O)N(Cc2ccccc2Cl)[C@H](C)C(=O)NC2CCCC2)c1. The first-order valence-electron chi connectivity index (χ1n) is 10.9. The number of hydrogen-bond donors (Lipinski definition) is 1. The van der Waals surface area contributed by atoms with Gasteiger partial charge in [0.15, 0.2) is 6.61 Å². The first-order chi connectivity index (χ1) is 14.8. The van der Waals surface area contributed by atoms with Gasteiger partial charge in [0.05, 0.1) is 0 Å². The van der Waals surface area contributed by atoms with Gasteiger partial charge in [0.25, 0.3) is 5.91 Å². The smallest absolute Gasteiger partial charge is 0.261 e. The number of benzene rings is 2. The van der Waals surface area contributed by atoms with E-state index < -0.39 is 6.04 Å². The minimum absolute atomic E-state index is 0.140. The van der Waals surface area contributed by atoms with Crippen molar-refractivity contribution in [3.05, 3.63) is 64.2 Å². The van der Waals surface area contributed by atoms with Crippen LogP contribution in [0.15, 0.2) is 42.5 Å². The van der Waals surface area contributed by atoms with Crippen LogP contribution in [-0.4, -0.2) is 35.4 Å². The summed E-state index contributed by atoms with van der Waals surface area (Å²) in [7, 11) is 0. The summed E-state index contributed by atoms with van der Waals surface area (Å²) in [5, 5.41) is 3.67. The van der Waals surface area contributed by atoms with Crippen molar-refractivity contribution in [3.8, 4) is 5.75 Å². The summed E-state index contributed by atoms with van der Waals surface area (Å²) in [5.74, 6) is 0.281. The average Bonchev–Trinajstić information content (AvgIpc) is 3.26. The molecule has 2 aromatic carbocycles. The fraction of sp³-hybridized carbons (Fsp3) is 0.440. The molecule has 1 saturated carbocycles. The fourth-order valence-corrected chi connectivity index (χ4v) is 4.07. The van der Waals surface area contributed by atoms with E-state index in [4.69, 9.17) is 16.3 Å². The number of hydrogen-bond acceptors (Lipinski definition) is 3. The molecule has 0 bridgehead atoms. The summed E-state index contributed by atoms with van der Waals surface area (Å²) < 4.78 is 5.84. The van der Waals surface area contributed by atoms with Crippen LogP contribution in [-0.2, 0) is 16.1 Å². The number of carbonyl (C=O) groups is 2. The number of amides is 2. The number of rotatable bonds is 8. The third-order valence-electron chi connectivity index (χ3n) is 5.86. The molecular formula is C25H31ClN2O3. The zero-order valence-electron chi connectivity index (χ0n) is 18.5. The van der Waals surface area contributed by atoms with E-state index >= 15 is 0 Å². The van der Waals surface area contributed by atoms with Gasteiger partial charge in [-0.05, 0) is 62.4 Å². The molecule has 0 heterocycles. The van der Waals surface area contributed by atoms with E-state index in [-0.39, 0.29) is 31.0 Å². The molecule has 6 heteroatoms. The third kappa shape index (κ3) is 6.23. The lowest BCUT2D eigenvalue weighted by Gasteiger charge is -2.30. The van der Waals surface area contributed by atoms with Crippen LogP contribution < -0.4 is 10.1 Å². The van der Waals surface area contributed by atoms with Crippen molar-refractivity contribution in [2.45, 2.75) is 65.1 Å². The maximum Gasteiger partial charge on any atom is 0.261 e. The van der Waals surface area contributed by atoms with Gasteiger partial charge in [0.2, 0.25) is 5.91 Å². The Hall–Kier alpha value is -2.53. The Balaban J connectivity index is 1.75. The highest BCUT2D eigenvalue weighted by Crippen LogP contribution is 2.22. The van der Waals surface area contributed by atoms with E-state index in [0.29, 0.717) is 10.8 Å². The van der Waals surface area contributed by atoms with Crippen molar-refractivity contribution in [3.63, 3.8) is 0 Å². The van der Waals surface area contributed by atoms with Gasteiger partial charge in [-0.2, -0.15) is 0 Å². The summed E-state index contributed by atoms with van der Waals surface area (Å²) in [6.07, 6.45) is 4.25. The number of aryl methyl sites for hydroxylation is 2. The minimum Gasteiger partial charge on any atom is -0.483 e. The molecule has 0 aliphatic heterocycles. The van der Waals surface area contributed by atoms with E-state index in [1.807, 2.05) is 50.2 Å². The fourth-order valence-electron chi connectivity index (χ4n) is 3.87. The van der Waals surface area contributed by atoms with Crippen molar-refractivity contribution in [2.24, 2.45) is 0 Å². The van der Waals surface area contributed by atoms with E-state index in [9.17, 15) is 9.59 Å². The maximum absolute atomic E-state index is 13.2. The van der Waals surface area contributed by atoms with Crippen LogP contribution in [0.1, 0.15) is 49.3 Å². The first kappa shape index (κ1) is 23.1. The molecule has 1 aliphatic carbocycles. The molecule has 0 aromatic heterocycles. The van der Waals surface area contributed by atoms with Gasteiger partial charge >= 0.3 is 0 Å². The van der Waals surface area contributed by atoms with Crippen LogP contribution in [0.4, 0.5) is 0 Å². The minimum atomic E-state index is -0.633. The lowest BCUT2D eigenvalue weighted by molar-refractivity contribution is -0.142. The van der Waals surface area contributed by atoms with Crippen molar-refractivity contribution >= 4 is 23.4 Å². The lowest BCUT2D eigenvalue weighted by Crippen LogP contribution is -2.50.